The van der Waals surface area contributed by atoms with Gasteiger partial charge in [-0.25, -0.2) is 0 Å². The topological polar surface area (TPSA) is 41.1 Å². The summed E-state index contributed by atoms with van der Waals surface area (Å²) in [6.07, 6.45) is -8.96. The fourth-order valence-corrected chi connectivity index (χ4v) is 2.76. The zero-order chi connectivity index (χ0) is 22.6. The first-order valence-electron chi connectivity index (χ1n) is 9.01. The molecule has 3 aromatic carbocycles. The number of halogens is 6. The van der Waals surface area contributed by atoms with Gasteiger partial charge in [-0.1, -0.05) is 24.3 Å². The Hall–Kier alpha value is -3.49. The Morgan fingerprint density at radius 1 is 0.710 bits per heavy atom. The highest BCUT2D eigenvalue weighted by atomic mass is 19.4. The first-order valence-corrected chi connectivity index (χ1v) is 9.01. The van der Waals surface area contributed by atoms with Crippen molar-refractivity contribution in [3.05, 3.63) is 95.1 Å². The van der Waals surface area contributed by atoms with Crippen LogP contribution in [0.3, 0.4) is 0 Å². The van der Waals surface area contributed by atoms with Crippen molar-refractivity contribution < 1.29 is 31.1 Å². The van der Waals surface area contributed by atoms with Crippen molar-refractivity contribution in [2.45, 2.75) is 18.9 Å². The Labute approximate surface area is 173 Å². The van der Waals surface area contributed by atoms with Gasteiger partial charge in [0.1, 0.15) is 0 Å². The van der Waals surface area contributed by atoms with Crippen molar-refractivity contribution in [2.75, 3.05) is 10.6 Å². The van der Waals surface area contributed by atoms with Crippen molar-refractivity contribution in [3.63, 3.8) is 0 Å². The molecule has 0 spiro atoms. The normalized spacial score (nSPS) is 11.8. The quantitative estimate of drug-likeness (QED) is 0.442. The lowest BCUT2D eigenvalue weighted by atomic mass is 10.1. The number of carbonyl (C=O) groups is 1. The molecule has 2 N–H and O–H groups in total. The summed E-state index contributed by atoms with van der Waals surface area (Å²) in [7, 11) is 0. The maximum atomic E-state index is 12.8. The molecule has 9 heteroatoms. The lowest BCUT2D eigenvalue weighted by Gasteiger charge is -2.11. The second-order valence-electron chi connectivity index (χ2n) is 6.66. The molecule has 0 saturated heterocycles. The summed E-state index contributed by atoms with van der Waals surface area (Å²) < 4.78 is 76.6. The first kappa shape index (κ1) is 22.2. The number of hydrogen-bond acceptors (Lipinski definition) is 2. The summed E-state index contributed by atoms with van der Waals surface area (Å²) in [4.78, 5) is 12.3. The molecule has 0 unspecified atom stereocenters. The van der Waals surface area contributed by atoms with Crippen molar-refractivity contribution >= 4 is 17.3 Å². The third kappa shape index (κ3) is 6.00. The van der Waals surface area contributed by atoms with Crippen LogP contribution in [-0.2, 0) is 18.9 Å². The number of benzene rings is 3. The molecule has 1 amide bonds. The summed E-state index contributed by atoms with van der Waals surface area (Å²) in [5.74, 6) is -0.586. The zero-order valence-electron chi connectivity index (χ0n) is 15.8. The summed E-state index contributed by atoms with van der Waals surface area (Å²) in [5, 5.41) is 5.28. The molecule has 3 rings (SSSR count). The Kier molecular flexibility index (Phi) is 6.24. The van der Waals surface area contributed by atoms with Crippen LogP contribution >= 0.6 is 0 Å². The molecule has 162 valence electrons. The number of nitrogens with one attached hydrogen (secondary N) is 2. The van der Waals surface area contributed by atoms with Gasteiger partial charge in [0.25, 0.3) is 5.91 Å². The number of amides is 1. The monoisotopic (exact) mass is 438 g/mol. The number of hydrogen-bond donors (Lipinski definition) is 2. The van der Waals surface area contributed by atoms with E-state index < -0.39 is 29.4 Å². The average molecular weight is 438 g/mol. The molecular weight excluding hydrogens is 422 g/mol. The molecule has 0 saturated carbocycles. The van der Waals surface area contributed by atoms with Gasteiger partial charge in [-0.15, -0.1) is 0 Å². The molecule has 0 aromatic heterocycles. The van der Waals surface area contributed by atoms with Crippen LogP contribution in [-0.4, -0.2) is 5.91 Å². The second-order valence-corrected chi connectivity index (χ2v) is 6.66. The Balaban J connectivity index is 1.62. The maximum Gasteiger partial charge on any atom is 0.416 e. The summed E-state index contributed by atoms with van der Waals surface area (Å²) in [6, 6.07) is 15.2. The van der Waals surface area contributed by atoms with Gasteiger partial charge < -0.3 is 10.6 Å². The van der Waals surface area contributed by atoms with Crippen LogP contribution < -0.4 is 10.6 Å². The molecule has 0 atom stereocenters. The average Bonchev–Trinajstić information content (AvgIpc) is 2.72. The number of rotatable bonds is 5. The smallest absolute Gasteiger partial charge is 0.381 e. The third-order valence-corrected chi connectivity index (χ3v) is 4.35. The fraction of sp³-hybridized carbons (Fsp3) is 0.136. The highest BCUT2D eigenvalue weighted by molar-refractivity contribution is 6.04. The minimum Gasteiger partial charge on any atom is -0.381 e. The Morgan fingerprint density at radius 3 is 1.77 bits per heavy atom. The van der Waals surface area contributed by atoms with Crippen LogP contribution in [0, 0.1) is 0 Å². The summed E-state index contributed by atoms with van der Waals surface area (Å²) >= 11 is 0. The van der Waals surface area contributed by atoms with Crippen LogP contribution in [0.25, 0.3) is 0 Å². The van der Waals surface area contributed by atoms with E-state index in [1.54, 1.807) is 12.1 Å². The van der Waals surface area contributed by atoms with Gasteiger partial charge in [-0.05, 0) is 54.1 Å². The van der Waals surface area contributed by atoms with E-state index >= 15 is 0 Å². The van der Waals surface area contributed by atoms with E-state index in [9.17, 15) is 31.1 Å². The molecule has 0 aliphatic carbocycles. The number of alkyl halides is 6. The minimum absolute atomic E-state index is 0.00937. The van der Waals surface area contributed by atoms with Crippen LogP contribution in [0.2, 0.25) is 0 Å². The van der Waals surface area contributed by atoms with Gasteiger partial charge in [-0.2, -0.15) is 26.3 Å². The Morgan fingerprint density at radius 2 is 1.23 bits per heavy atom. The molecular formula is C22H16F6N2O. The summed E-state index contributed by atoms with van der Waals surface area (Å²) in [6.45, 7) is 0.219. The highest BCUT2D eigenvalue weighted by Gasteiger charge is 2.31. The largest absolute Gasteiger partial charge is 0.416 e. The molecule has 0 heterocycles. The standard InChI is InChI=1S/C22H16F6N2O/c23-21(24,25)16-3-1-5-18(11-16)29-13-14-7-9-15(10-8-14)20(31)30-19-6-2-4-17(12-19)22(26,27)28/h1-12,29H,13H2,(H,30,31). The van der Waals surface area contributed by atoms with Crippen LogP contribution in [0.1, 0.15) is 27.0 Å². The van der Waals surface area contributed by atoms with Crippen molar-refractivity contribution in [2.24, 2.45) is 0 Å². The van der Waals surface area contributed by atoms with E-state index in [0.717, 1.165) is 24.3 Å². The van der Waals surface area contributed by atoms with Gasteiger partial charge in [0.05, 0.1) is 11.1 Å². The molecule has 31 heavy (non-hydrogen) atoms. The van der Waals surface area contributed by atoms with E-state index in [4.69, 9.17) is 0 Å². The van der Waals surface area contributed by atoms with E-state index in [0.29, 0.717) is 11.3 Å². The number of carbonyl (C=O) groups excluding carboxylic acids is 1. The van der Waals surface area contributed by atoms with Crippen LogP contribution in [0.4, 0.5) is 37.7 Å². The van der Waals surface area contributed by atoms with Crippen LogP contribution in [0.15, 0.2) is 72.8 Å². The zero-order valence-corrected chi connectivity index (χ0v) is 15.8. The van der Waals surface area contributed by atoms with Gasteiger partial charge in [-0.3, -0.25) is 4.79 Å². The predicted octanol–water partition coefficient (Wildman–Crippen LogP) is 6.59. The molecule has 3 nitrogen and oxygen atoms in total. The van der Waals surface area contributed by atoms with E-state index in [-0.39, 0.29) is 17.8 Å². The lowest BCUT2D eigenvalue weighted by molar-refractivity contribution is -0.138. The number of anilines is 2. The second kappa shape index (κ2) is 8.71. The maximum absolute atomic E-state index is 12.8. The minimum atomic E-state index is -4.52. The van der Waals surface area contributed by atoms with E-state index in [1.165, 1.54) is 36.4 Å². The highest BCUT2D eigenvalue weighted by Crippen LogP contribution is 2.31. The molecule has 3 aromatic rings. The van der Waals surface area contributed by atoms with Gasteiger partial charge in [0.2, 0.25) is 0 Å². The SMILES string of the molecule is O=C(Nc1cccc(C(F)(F)F)c1)c1ccc(CNc2cccc(C(F)(F)F)c2)cc1. The lowest BCUT2D eigenvalue weighted by Crippen LogP contribution is -2.13. The Bertz CT molecular complexity index is 1060. The van der Waals surface area contributed by atoms with Crippen molar-refractivity contribution in [1.29, 1.82) is 0 Å². The third-order valence-electron chi connectivity index (χ3n) is 4.35. The van der Waals surface area contributed by atoms with Gasteiger partial charge in [0, 0.05) is 23.5 Å². The van der Waals surface area contributed by atoms with Gasteiger partial charge >= 0.3 is 12.4 Å². The molecule has 0 fully saturated rings. The molecule has 0 aliphatic rings. The van der Waals surface area contributed by atoms with Crippen LogP contribution in [0.5, 0.6) is 0 Å². The molecule has 0 radical (unpaired) electrons. The molecule has 0 bridgehead atoms. The molecule has 0 aliphatic heterocycles. The van der Waals surface area contributed by atoms with E-state index in [2.05, 4.69) is 10.6 Å². The van der Waals surface area contributed by atoms with Gasteiger partial charge in [0.15, 0.2) is 0 Å². The van der Waals surface area contributed by atoms with Crippen molar-refractivity contribution in [3.8, 4) is 0 Å². The predicted molar refractivity (Wildman–Crippen MR) is 105 cm³/mol. The van der Waals surface area contributed by atoms with E-state index in [1.807, 2.05) is 0 Å². The fourth-order valence-electron chi connectivity index (χ4n) is 2.76. The van der Waals surface area contributed by atoms with Crippen molar-refractivity contribution in [1.82, 2.24) is 0 Å². The summed E-state index contributed by atoms with van der Waals surface area (Å²) in [5.41, 5.74) is -0.412. The first-order chi connectivity index (χ1) is 14.5.